The second-order valence-electron chi connectivity index (χ2n) is 2.89. The van der Waals surface area contributed by atoms with Gasteiger partial charge in [-0.1, -0.05) is 18.4 Å². The van der Waals surface area contributed by atoms with E-state index >= 15 is 0 Å². The number of hydrogen-bond acceptors (Lipinski definition) is 9. The Bertz CT molecular complexity index is 237. The number of hydrogen-bond donors (Lipinski definition) is 0. The zero-order valence-corrected chi connectivity index (χ0v) is 17.9. The maximum atomic E-state index is 10.1. The molecule has 0 rings (SSSR count). The quantitative estimate of drug-likeness (QED) is 0.231. The van der Waals surface area contributed by atoms with Gasteiger partial charge in [-0.2, -0.15) is 0 Å². The summed E-state index contributed by atoms with van der Waals surface area (Å²) in [6, 6.07) is 0. The molecule has 0 saturated heterocycles. The first-order valence-corrected chi connectivity index (χ1v) is 7.87. The molecule has 0 saturated carbocycles. The third-order valence-corrected chi connectivity index (χ3v) is 1.94. The molecule has 0 heterocycles. The van der Waals surface area contributed by atoms with Crippen molar-refractivity contribution in [3.05, 3.63) is 0 Å². The zero-order chi connectivity index (χ0) is 17.1. The van der Waals surface area contributed by atoms with Crippen molar-refractivity contribution in [3.8, 4) is 0 Å². The van der Waals surface area contributed by atoms with E-state index < -0.39 is 0 Å². The average Bonchev–Trinajstić information content (AvgIpc) is 2.49. The van der Waals surface area contributed by atoms with Crippen LogP contribution in [0.3, 0.4) is 0 Å². The van der Waals surface area contributed by atoms with Crippen molar-refractivity contribution in [2.75, 3.05) is 30.7 Å². The van der Waals surface area contributed by atoms with Gasteiger partial charge in [-0.15, -0.1) is 0 Å². The molecule has 128 valence electrons. The van der Waals surface area contributed by atoms with Crippen LogP contribution in [0.5, 0.6) is 0 Å². The van der Waals surface area contributed by atoms with Crippen LogP contribution in [-0.4, -0.2) is 73.0 Å². The summed E-state index contributed by atoms with van der Waals surface area (Å²) in [7, 11) is 0. The Morgan fingerprint density at radius 1 is 0.727 bits per heavy atom. The van der Waals surface area contributed by atoms with Gasteiger partial charge in [0.1, 0.15) is 0 Å². The molecule has 0 bridgehead atoms. The second kappa shape index (κ2) is 26.2. The Morgan fingerprint density at radius 3 is 1.18 bits per heavy atom. The Labute approximate surface area is 166 Å². The van der Waals surface area contributed by atoms with E-state index in [1.807, 2.05) is 0 Å². The maximum absolute atomic E-state index is 10.1. The molecule has 0 spiro atoms. The standard InChI is InChI=1S/3C4H8O2S.Sb/c2*1-2-6-4(5)3-7;1-2-4(5)6-3-7;/h3*7H,2-3H2,1H3;/q;;;+3/p-3. The number of carbonyl (C=O) groups excluding carboxylic acids is 3. The molecule has 6 nitrogen and oxygen atoms in total. The normalized spacial score (nSPS) is 7.91. The van der Waals surface area contributed by atoms with Gasteiger partial charge in [0.25, 0.3) is 11.9 Å². The van der Waals surface area contributed by atoms with Gasteiger partial charge in [-0.3, -0.25) is 14.4 Å². The summed E-state index contributed by atoms with van der Waals surface area (Å²) in [6.07, 6.45) is 0.413. The minimum atomic E-state index is -0.308. The Balaban J connectivity index is -0.000000108. The van der Waals surface area contributed by atoms with Gasteiger partial charge >= 0.3 is 30.4 Å². The van der Waals surface area contributed by atoms with Crippen LogP contribution >= 0.6 is 0 Å². The van der Waals surface area contributed by atoms with Crippen LogP contribution in [0.15, 0.2) is 0 Å². The van der Waals surface area contributed by atoms with E-state index in [0.717, 1.165) is 0 Å². The van der Waals surface area contributed by atoms with Crippen LogP contribution in [0.4, 0.5) is 0 Å². The molecule has 0 aromatic carbocycles. The molecule has 2 radical (unpaired) electrons. The van der Waals surface area contributed by atoms with Gasteiger partial charge in [0, 0.05) is 6.42 Å². The van der Waals surface area contributed by atoms with Crippen LogP contribution in [0.25, 0.3) is 0 Å². The smallest absolute Gasteiger partial charge is 0.782 e. The molecule has 22 heavy (non-hydrogen) atoms. The third-order valence-electron chi connectivity index (χ3n) is 1.35. The van der Waals surface area contributed by atoms with Crippen molar-refractivity contribution in [1.29, 1.82) is 0 Å². The molecule has 0 aliphatic heterocycles. The predicted octanol–water partition coefficient (Wildman–Crippen LogP) is 0.256. The van der Waals surface area contributed by atoms with Crippen molar-refractivity contribution < 1.29 is 28.6 Å². The number of ether oxygens (including phenoxy) is 3. The topological polar surface area (TPSA) is 78.9 Å². The number of rotatable bonds is 6. The van der Waals surface area contributed by atoms with Crippen LogP contribution in [0.1, 0.15) is 27.2 Å². The Kier molecular flexibility index (Phi) is 35.9. The van der Waals surface area contributed by atoms with Crippen LogP contribution in [0, 0.1) is 0 Å². The van der Waals surface area contributed by atoms with Crippen molar-refractivity contribution >= 4 is 80.2 Å². The summed E-state index contributed by atoms with van der Waals surface area (Å²) in [5.41, 5.74) is 0. The molecule has 0 amide bonds. The third kappa shape index (κ3) is 32.3. The molecule has 10 heteroatoms. The van der Waals surface area contributed by atoms with E-state index in [1.54, 1.807) is 20.8 Å². The fraction of sp³-hybridized carbons (Fsp3) is 0.750. The fourth-order valence-electron chi connectivity index (χ4n) is 0.573. The van der Waals surface area contributed by atoms with Crippen molar-refractivity contribution in [1.82, 2.24) is 0 Å². The molecule has 0 aromatic rings. The van der Waals surface area contributed by atoms with E-state index in [-0.39, 0.29) is 59.8 Å². The van der Waals surface area contributed by atoms with Crippen molar-refractivity contribution in [2.24, 2.45) is 0 Å². The monoisotopic (exact) mass is 478 g/mol. The van der Waals surface area contributed by atoms with Gasteiger partial charge in [0.05, 0.1) is 13.2 Å². The Hall–Kier alpha value is 0.278. The SMILES string of the molecule is CCC(=O)OC[S-].CCOC(=O)C[S-].CCOC(=O)C[S-].[Sb+3]. The molecule has 0 fully saturated rings. The van der Waals surface area contributed by atoms with E-state index in [1.165, 1.54) is 0 Å². The van der Waals surface area contributed by atoms with E-state index in [0.29, 0.717) is 19.6 Å². The van der Waals surface area contributed by atoms with Crippen molar-refractivity contribution in [3.63, 3.8) is 0 Å². The number of carbonyl (C=O) groups is 3. The van der Waals surface area contributed by atoms with Gasteiger partial charge in [0.2, 0.25) is 0 Å². The average molecular weight is 479 g/mol. The molecular weight excluding hydrogens is 458 g/mol. The summed E-state index contributed by atoms with van der Waals surface area (Å²) in [5, 5.41) is 0. The van der Waals surface area contributed by atoms with Crippen molar-refractivity contribution in [2.45, 2.75) is 27.2 Å². The second-order valence-corrected chi connectivity index (χ2v) is 3.70. The minimum absolute atomic E-state index is 0. The minimum Gasteiger partial charge on any atom is -0.782 e. The number of esters is 3. The predicted molar refractivity (Wildman–Crippen MR) is 92.1 cm³/mol. The summed E-state index contributed by atoms with van der Waals surface area (Å²) >= 11 is 13.1. The molecule has 0 aromatic heterocycles. The zero-order valence-electron chi connectivity index (χ0n) is 12.9. The summed E-state index contributed by atoms with van der Waals surface area (Å²) in [6.45, 7) is 6.09. The molecule has 0 aliphatic carbocycles. The van der Waals surface area contributed by atoms with Crippen LogP contribution in [0.2, 0.25) is 0 Å². The van der Waals surface area contributed by atoms with E-state index in [4.69, 9.17) is 0 Å². The fourth-order valence-corrected chi connectivity index (χ4v) is 0.871. The van der Waals surface area contributed by atoms with Gasteiger partial charge in [0.15, 0.2) is 0 Å². The summed E-state index contributed by atoms with van der Waals surface area (Å²) in [4.78, 5) is 30.3. The van der Waals surface area contributed by atoms with Crippen LogP contribution < -0.4 is 0 Å². The summed E-state index contributed by atoms with van der Waals surface area (Å²) < 4.78 is 13.3. The largest absolute Gasteiger partial charge is 3.00 e. The molecule has 0 unspecified atom stereocenters. The molecular formula is C12H21O6S3Sb. The molecule has 0 N–H and O–H groups in total. The first-order chi connectivity index (χ1) is 9.92. The first kappa shape index (κ1) is 30.2. The van der Waals surface area contributed by atoms with E-state index in [2.05, 4.69) is 52.1 Å². The van der Waals surface area contributed by atoms with Crippen LogP contribution in [-0.2, 0) is 66.5 Å². The maximum Gasteiger partial charge on any atom is 3.00 e. The van der Waals surface area contributed by atoms with Gasteiger partial charge < -0.3 is 52.1 Å². The first-order valence-electron chi connectivity index (χ1n) is 6.14. The summed E-state index contributed by atoms with van der Waals surface area (Å²) in [5.74, 6) is -0.640. The Morgan fingerprint density at radius 2 is 1.09 bits per heavy atom. The van der Waals surface area contributed by atoms with Gasteiger partial charge in [-0.05, 0) is 19.8 Å². The molecule has 0 aliphatic rings. The van der Waals surface area contributed by atoms with Gasteiger partial charge in [-0.25, -0.2) is 0 Å². The van der Waals surface area contributed by atoms with E-state index in [9.17, 15) is 14.4 Å². The molecule has 0 atom stereocenters.